The molecule has 2 rings (SSSR count). The number of hydrogen-bond acceptors (Lipinski definition) is 5. The van der Waals surface area contributed by atoms with Crippen LogP contribution in [0.1, 0.15) is 11.1 Å². The molecule has 0 fully saturated rings. The first-order valence-corrected chi connectivity index (χ1v) is 9.46. The predicted octanol–water partition coefficient (Wildman–Crippen LogP) is 5.13. The van der Waals surface area contributed by atoms with E-state index in [1.807, 2.05) is 29.7 Å². The molecule has 0 aliphatic carbocycles. The third kappa shape index (κ3) is 6.54. The van der Waals surface area contributed by atoms with Crippen molar-refractivity contribution in [2.75, 3.05) is 0 Å². The largest absolute Gasteiger partial charge is 0.456 e. The molecule has 0 saturated heterocycles. The molecular formula is C21H19ClN4OS. The molecule has 4 N–H and O–H groups in total. The Hall–Kier alpha value is -3.14. The van der Waals surface area contributed by atoms with Gasteiger partial charge in [0.25, 0.3) is 0 Å². The van der Waals surface area contributed by atoms with E-state index in [9.17, 15) is 5.26 Å². The van der Waals surface area contributed by atoms with E-state index >= 15 is 0 Å². The SMILES string of the molecule is C=C/C=C\C=C\Sc1ccc(Oc2cc(Cl)cc(C/C(N)=N/N)c2)c(C#N)c1. The summed E-state index contributed by atoms with van der Waals surface area (Å²) < 4.78 is 5.88. The first kappa shape index (κ1) is 21.2. The highest BCUT2D eigenvalue weighted by atomic mass is 35.5. The van der Waals surface area contributed by atoms with Crippen molar-refractivity contribution in [2.24, 2.45) is 16.7 Å². The topological polar surface area (TPSA) is 97.4 Å². The van der Waals surface area contributed by atoms with E-state index in [-0.39, 0.29) is 5.84 Å². The Balaban J connectivity index is 2.20. The Morgan fingerprint density at radius 2 is 2.07 bits per heavy atom. The fourth-order valence-corrected chi connectivity index (χ4v) is 3.13. The van der Waals surface area contributed by atoms with Crippen LogP contribution >= 0.6 is 23.4 Å². The zero-order valence-electron chi connectivity index (χ0n) is 15.0. The van der Waals surface area contributed by atoms with E-state index in [1.54, 1.807) is 36.4 Å². The Morgan fingerprint density at radius 1 is 1.25 bits per heavy atom. The highest BCUT2D eigenvalue weighted by molar-refractivity contribution is 8.02. The van der Waals surface area contributed by atoms with Crippen molar-refractivity contribution in [3.63, 3.8) is 0 Å². The standard InChI is InChI=1S/C21H19ClN4OS/c1-2-3-4-5-8-28-19-6-7-20(16(12-19)14-23)27-18-10-15(9-17(22)13-18)11-21(24)26-25/h2-10,12-13H,1,11,25H2,(H2,24,26)/b4-3-,8-5+. The maximum Gasteiger partial charge on any atom is 0.145 e. The smallest absolute Gasteiger partial charge is 0.145 e. The molecule has 0 heterocycles. The molecule has 0 atom stereocenters. The molecule has 7 heteroatoms. The third-order valence-electron chi connectivity index (χ3n) is 3.42. The van der Waals surface area contributed by atoms with Gasteiger partial charge in [-0.05, 0) is 47.4 Å². The van der Waals surface area contributed by atoms with Crippen molar-refractivity contribution < 1.29 is 4.74 Å². The Kier molecular flexibility index (Phi) is 8.22. The minimum absolute atomic E-state index is 0.281. The molecule has 0 amide bonds. The van der Waals surface area contributed by atoms with Crippen LogP contribution in [0.15, 0.2) is 82.7 Å². The molecule has 28 heavy (non-hydrogen) atoms. The number of halogens is 1. The number of nitriles is 1. The lowest BCUT2D eigenvalue weighted by Gasteiger charge is -2.11. The number of hydrogen-bond donors (Lipinski definition) is 2. The summed E-state index contributed by atoms with van der Waals surface area (Å²) in [6.45, 7) is 3.61. The van der Waals surface area contributed by atoms with Gasteiger partial charge < -0.3 is 16.3 Å². The lowest BCUT2D eigenvalue weighted by atomic mass is 10.1. The van der Waals surface area contributed by atoms with Crippen LogP contribution in [0.3, 0.4) is 0 Å². The molecule has 0 aromatic heterocycles. The Morgan fingerprint density at radius 3 is 2.79 bits per heavy atom. The molecule has 5 nitrogen and oxygen atoms in total. The van der Waals surface area contributed by atoms with Crippen molar-refractivity contribution in [2.45, 2.75) is 11.3 Å². The number of thioether (sulfide) groups is 1. The molecule has 142 valence electrons. The number of ether oxygens (including phenoxy) is 1. The molecule has 0 aliphatic heterocycles. The molecule has 0 aliphatic rings. The van der Waals surface area contributed by atoms with Crippen molar-refractivity contribution in [1.29, 1.82) is 5.26 Å². The van der Waals surface area contributed by atoms with Crippen molar-refractivity contribution >= 4 is 29.2 Å². The van der Waals surface area contributed by atoms with E-state index < -0.39 is 0 Å². The van der Waals surface area contributed by atoms with Gasteiger partial charge in [0.05, 0.1) is 5.56 Å². The number of amidine groups is 1. The minimum Gasteiger partial charge on any atom is -0.456 e. The fourth-order valence-electron chi connectivity index (χ4n) is 2.23. The fraction of sp³-hybridized carbons (Fsp3) is 0.0476. The lowest BCUT2D eigenvalue weighted by Crippen LogP contribution is -2.16. The van der Waals surface area contributed by atoms with Crippen LogP contribution in [0.5, 0.6) is 11.5 Å². The molecular weight excluding hydrogens is 392 g/mol. The van der Waals surface area contributed by atoms with Crippen molar-refractivity contribution in [3.8, 4) is 17.6 Å². The summed E-state index contributed by atoms with van der Waals surface area (Å²) in [4.78, 5) is 0.922. The van der Waals surface area contributed by atoms with Crippen LogP contribution in [0.2, 0.25) is 5.02 Å². The molecule has 2 aromatic rings. The van der Waals surface area contributed by atoms with E-state index in [0.29, 0.717) is 28.5 Å². The number of benzene rings is 2. The Bertz CT molecular complexity index is 977. The van der Waals surface area contributed by atoms with Crippen molar-refractivity contribution in [1.82, 2.24) is 0 Å². The van der Waals surface area contributed by atoms with Crippen molar-refractivity contribution in [3.05, 3.63) is 88.8 Å². The summed E-state index contributed by atoms with van der Waals surface area (Å²) >= 11 is 7.65. The summed E-state index contributed by atoms with van der Waals surface area (Å²) in [5.74, 6) is 6.40. The molecule has 2 aromatic carbocycles. The number of rotatable bonds is 8. The normalized spacial score (nSPS) is 11.6. The predicted molar refractivity (Wildman–Crippen MR) is 117 cm³/mol. The van der Waals surface area contributed by atoms with Crippen LogP contribution in [0, 0.1) is 11.3 Å². The van der Waals surface area contributed by atoms with Crippen LogP contribution in [0.4, 0.5) is 0 Å². The van der Waals surface area contributed by atoms with Gasteiger partial charge in [-0.15, -0.1) is 0 Å². The van der Waals surface area contributed by atoms with E-state index in [2.05, 4.69) is 17.7 Å². The quantitative estimate of drug-likeness (QED) is 0.157. The van der Waals surface area contributed by atoms with Gasteiger partial charge >= 0.3 is 0 Å². The van der Waals surface area contributed by atoms with E-state index in [0.717, 1.165) is 10.5 Å². The average molecular weight is 411 g/mol. The molecule has 0 unspecified atom stereocenters. The summed E-state index contributed by atoms with van der Waals surface area (Å²) in [6, 6.07) is 12.8. The van der Waals surface area contributed by atoms with Gasteiger partial charge in [0.15, 0.2) is 0 Å². The monoisotopic (exact) mass is 410 g/mol. The second-order valence-electron chi connectivity index (χ2n) is 5.53. The summed E-state index contributed by atoms with van der Waals surface area (Å²) in [5.41, 5.74) is 6.89. The molecule has 0 spiro atoms. The number of allylic oxidation sites excluding steroid dienone is 4. The first-order chi connectivity index (χ1) is 13.5. The number of nitrogens with zero attached hydrogens (tertiary/aromatic N) is 2. The van der Waals surface area contributed by atoms with E-state index in [1.165, 1.54) is 11.8 Å². The highest BCUT2D eigenvalue weighted by Gasteiger charge is 2.09. The Labute approximate surface area is 173 Å². The third-order valence-corrected chi connectivity index (χ3v) is 4.46. The van der Waals surface area contributed by atoms with Gasteiger partial charge in [-0.25, -0.2) is 0 Å². The van der Waals surface area contributed by atoms with Gasteiger partial charge in [0.1, 0.15) is 23.4 Å². The van der Waals surface area contributed by atoms with Crippen LogP contribution in [0.25, 0.3) is 0 Å². The zero-order chi connectivity index (χ0) is 20.4. The van der Waals surface area contributed by atoms with Gasteiger partial charge in [-0.1, -0.05) is 54.2 Å². The van der Waals surface area contributed by atoms with Crippen LogP contribution in [-0.2, 0) is 6.42 Å². The lowest BCUT2D eigenvalue weighted by molar-refractivity contribution is 0.480. The number of hydrazone groups is 1. The van der Waals surface area contributed by atoms with Gasteiger partial charge in [-0.3, -0.25) is 0 Å². The average Bonchev–Trinajstić information content (AvgIpc) is 2.68. The van der Waals surface area contributed by atoms with Gasteiger partial charge in [-0.2, -0.15) is 10.4 Å². The second kappa shape index (κ2) is 10.9. The number of nitrogens with two attached hydrogens (primary N) is 2. The molecule has 0 radical (unpaired) electrons. The summed E-state index contributed by atoms with van der Waals surface area (Å²) in [5, 5.41) is 15.3. The van der Waals surface area contributed by atoms with Gasteiger partial charge in [0, 0.05) is 16.3 Å². The zero-order valence-corrected chi connectivity index (χ0v) is 16.6. The summed E-state index contributed by atoms with van der Waals surface area (Å²) in [7, 11) is 0. The maximum absolute atomic E-state index is 9.47. The summed E-state index contributed by atoms with van der Waals surface area (Å²) in [6.07, 6.45) is 7.66. The minimum atomic E-state index is 0.281. The second-order valence-corrected chi connectivity index (χ2v) is 6.95. The van der Waals surface area contributed by atoms with Crippen LogP contribution < -0.4 is 16.3 Å². The molecule has 0 bridgehead atoms. The van der Waals surface area contributed by atoms with Crippen LogP contribution in [-0.4, -0.2) is 5.84 Å². The first-order valence-electron chi connectivity index (χ1n) is 8.20. The molecule has 0 saturated carbocycles. The highest BCUT2D eigenvalue weighted by Crippen LogP contribution is 2.31. The maximum atomic E-state index is 9.47. The van der Waals surface area contributed by atoms with E-state index in [4.69, 9.17) is 27.9 Å². The van der Waals surface area contributed by atoms with Gasteiger partial charge in [0.2, 0.25) is 0 Å².